The van der Waals surface area contributed by atoms with Gasteiger partial charge in [-0.05, 0) is 50.4 Å². The van der Waals surface area contributed by atoms with Crippen LogP contribution in [0.4, 0.5) is 0 Å². The van der Waals surface area contributed by atoms with E-state index < -0.39 is 0 Å². The van der Waals surface area contributed by atoms with Crippen molar-refractivity contribution in [3.8, 4) is 5.75 Å². The van der Waals surface area contributed by atoms with Gasteiger partial charge >= 0.3 is 0 Å². The van der Waals surface area contributed by atoms with E-state index in [4.69, 9.17) is 4.74 Å². The van der Waals surface area contributed by atoms with Gasteiger partial charge in [0.15, 0.2) is 0 Å². The van der Waals surface area contributed by atoms with Gasteiger partial charge in [-0.3, -0.25) is 0 Å². The van der Waals surface area contributed by atoms with Gasteiger partial charge in [0.05, 0.1) is 6.10 Å². The van der Waals surface area contributed by atoms with Gasteiger partial charge in [0.2, 0.25) is 0 Å². The lowest BCUT2D eigenvalue weighted by Crippen LogP contribution is -2.08. The van der Waals surface area contributed by atoms with E-state index in [1.165, 1.54) is 12.0 Å². The molecule has 0 bridgehead atoms. The zero-order chi connectivity index (χ0) is 10.7. The van der Waals surface area contributed by atoms with Gasteiger partial charge in [-0.1, -0.05) is 12.1 Å². The summed E-state index contributed by atoms with van der Waals surface area (Å²) in [6.45, 7) is 6.36. The summed E-state index contributed by atoms with van der Waals surface area (Å²) in [7, 11) is 0. The molecular formula is C13H20ClNO. The molecule has 1 atom stereocenters. The zero-order valence-electron chi connectivity index (χ0n) is 9.90. The molecule has 90 valence electrons. The van der Waals surface area contributed by atoms with E-state index in [2.05, 4.69) is 43.4 Å². The van der Waals surface area contributed by atoms with E-state index in [-0.39, 0.29) is 18.5 Å². The summed E-state index contributed by atoms with van der Waals surface area (Å²) < 4.78 is 5.62. The lowest BCUT2D eigenvalue weighted by atomic mass is 9.98. The van der Waals surface area contributed by atoms with E-state index in [1.54, 1.807) is 0 Å². The van der Waals surface area contributed by atoms with Gasteiger partial charge in [0.25, 0.3) is 0 Å². The van der Waals surface area contributed by atoms with E-state index in [1.807, 2.05) is 0 Å². The first kappa shape index (κ1) is 13.3. The van der Waals surface area contributed by atoms with Crippen LogP contribution in [-0.4, -0.2) is 19.2 Å². The van der Waals surface area contributed by atoms with Gasteiger partial charge < -0.3 is 10.1 Å². The Morgan fingerprint density at radius 3 is 2.44 bits per heavy atom. The van der Waals surface area contributed by atoms with Crippen molar-refractivity contribution in [2.75, 3.05) is 13.1 Å². The molecule has 0 radical (unpaired) electrons. The molecule has 0 saturated carbocycles. The van der Waals surface area contributed by atoms with E-state index in [9.17, 15) is 0 Å². The van der Waals surface area contributed by atoms with Crippen molar-refractivity contribution >= 4 is 12.4 Å². The van der Waals surface area contributed by atoms with Crippen LogP contribution in [0.2, 0.25) is 0 Å². The lowest BCUT2D eigenvalue weighted by molar-refractivity contribution is 0.242. The normalized spacial score (nSPS) is 19.6. The second-order valence-corrected chi connectivity index (χ2v) is 4.43. The van der Waals surface area contributed by atoms with Crippen LogP contribution in [-0.2, 0) is 0 Å². The van der Waals surface area contributed by atoms with Gasteiger partial charge in [-0.15, -0.1) is 12.4 Å². The van der Waals surface area contributed by atoms with Crippen molar-refractivity contribution in [1.82, 2.24) is 5.32 Å². The fraction of sp³-hybridized carbons (Fsp3) is 0.538. The van der Waals surface area contributed by atoms with Gasteiger partial charge in [0, 0.05) is 6.54 Å². The van der Waals surface area contributed by atoms with Crippen molar-refractivity contribution in [2.24, 2.45) is 0 Å². The molecule has 1 heterocycles. The summed E-state index contributed by atoms with van der Waals surface area (Å²) in [6, 6.07) is 8.53. The summed E-state index contributed by atoms with van der Waals surface area (Å²) in [5.41, 5.74) is 1.43. The molecule has 1 unspecified atom stereocenters. The predicted molar refractivity (Wildman–Crippen MR) is 69.7 cm³/mol. The van der Waals surface area contributed by atoms with Crippen molar-refractivity contribution in [2.45, 2.75) is 32.3 Å². The van der Waals surface area contributed by atoms with Gasteiger partial charge in [-0.2, -0.15) is 0 Å². The van der Waals surface area contributed by atoms with Crippen LogP contribution < -0.4 is 10.1 Å². The third-order valence-corrected chi connectivity index (χ3v) is 2.78. The number of benzene rings is 1. The molecule has 1 N–H and O–H groups in total. The van der Waals surface area contributed by atoms with E-state index in [0.717, 1.165) is 18.8 Å². The topological polar surface area (TPSA) is 21.3 Å². The van der Waals surface area contributed by atoms with Crippen molar-refractivity contribution in [1.29, 1.82) is 0 Å². The number of hydrogen-bond donors (Lipinski definition) is 1. The number of rotatable bonds is 3. The molecule has 2 rings (SSSR count). The Morgan fingerprint density at radius 2 is 1.94 bits per heavy atom. The summed E-state index contributed by atoms with van der Waals surface area (Å²) >= 11 is 0. The SMILES string of the molecule is CC(C)Oc1ccc(C2CCNC2)cc1.Cl. The second kappa shape index (κ2) is 6.12. The lowest BCUT2D eigenvalue weighted by Gasteiger charge is -2.12. The summed E-state index contributed by atoms with van der Waals surface area (Å²) in [5, 5.41) is 3.39. The van der Waals surface area contributed by atoms with Crippen LogP contribution >= 0.6 is 12.4 Å². The standard InChI is InChI=1S/C13H19NO.ClH/c1-10(2)15-13-5-3-11(4-6-13)12-7-8-14-9-12;/h3-6,10,12,14H,7-9H2,1-2H3;1H. The minimum atomic E-state index is 0. The summed E-state index contributed by atoms with van der Waals surface area (Å²) in [6.07, 6.45) is 1.51. The molecule has 0 aromatic heterocycles. The molecule has 2 nitrogen and oxygen atoms in total. The van der Waals surface area contributed by atoms with Crippen molar-refractivity contribution < 1.29 is 4.74 Å². The minimum absolute atomic E-state index is 0. The molecule has 0 amide bonds. The van der Waals surface area contributed by atoms with Gasteiger partial charge in [-0.25, -0.2) is 0 Å². The Hall–Kier alpha value is -0.730. The first-order chi connectivity index (χ1) is 7.25. The monoisotopic (exact) mass is 241 g/mol. The Labute approximate surface area is 104 Å². The number of ether oxygens (including phenoxy) is 1. The molecular weight excluding hydrogens is 222 g/mol. The smallest absolute Gasteiger partial charge is 0.119 e. The third kappa shape index (κ3) is 3.39. The second-order valence-electron chi connectivity index (χ2n) is 4.43. The van der Waals surface area contributed by atoms with E-state index >= 15 is 0 Å². The highest BCUT2D eigenvalue weighted by molar-refractivity contribution is 5.85. The Balaban J connectivity index is 0.00000128. The summed E-state index contributed by atoms with van der Waals surface area (Å²) in [5.74, 6) is 1.66. The van der Waals surface area contributed by atoms with Crippen LogP contribution in [0.15, 0.2) is 24.3 Å². The molecule has 1 aliphatic rings. The van der Waals surface area contributed by atoms with Crippen molar-refractivity contribution in [3.63, 3.8) is 0 Å². The number of hydrogen-bond acceptors (Lipinski definition) is 2. The minimum Gasteiger partial charge on any atom is -0.491 e. The highest BCUT2D eigenvalue weighted by Gasteiger charge is 2.16. The zero-order valence-corrected chi connectivity index (χ0v) is 10.7. The Bertz CT molecular complexity index is 304. The van der Waals surface area contributed by atoms with Crippen LogP contribution in [0.25, 0.3) is 0 Å². The highest BCUT2D eigenvalue weighted by atomic mass is 35.5. The molecule has 1 aliphatic heterocycles. The fourth-order valence-corrected chi connectivity index (χ4v) is 2.03. The predicted octanol–water partition coefficient (Wildman–Crippen LogP) is 2.97. The maximum Gasteiger partial charge on any atom is 0.119 e. The quantitative estimate of drug-likeness (QED) is 0.879. The third-order valence-electron chi connectivity index (χ3n) is 2.78. The van der Waals surface area contributed by atoms with Crippen LogP contribution in [0.5, 0.6) is 5.75 Å². The number of nitrogens with one attached hydrogen (secondary N) is 1. The maximum absolute atomic E-state index is 5.62. The van der Waals surface area contributed by atoms with Crippen LogP contribution in [0, 0.1) is 0 Å². The van der Waals surface area contributed by atoms with E-state index in [0.29, 0.717) is 5.92 Å². The molecule has 0 aliphatic carbocycles. The molecule has 3 heteroatoms. The average Bonchev–Trinajstić information content (AvgIpc) is 2.71. The molecule has 0 spiro atoms. The number of halogens is 1. The molecule has 1 saturated heterocycles. The Morgan fingerprint density at radius 1 is 1.25 bits per heavy atom. The molecule has 1 aromatic rings. The van der Waals surface area contributed by atoms with Gasteiger partial charge in [0.1, 0.15) is 5.75 Å². The summed E-state index contributed by atoms with van der Waals surface area (Å²) in [4.78, 5) is 0. The first-order valence-corrected chi connectivity index (χ1v) is 5.73. The average molecular weight is 242 g/mol. The van der Waals surface area contributed by atoms with Crippen LogP contribution in [0.1, 0.15) is 31.7 Å². The molecule has 1 aromatic carbocycles. The largest absolute Gasteiger partial charge is 0.491 e. The Kier molecular flexibility index (Phi) is 5.10. The highest BCUT2D eigenvalue weighted by Crippen LogP contribution is 2.24. The maximum atomic E-state index is 5.62. The molecule has 16 heavy (non-hydrogen) atoms. The molecule has 1 fully saturated rings. The van der Waals surface area contributed by atoms with Crippen molar-refractivity contribution in [3.05, 3.63) is 29.8 Å². The first-order valence-electron chi connectivity index (χ1n) is 5.73. The fourth-order valence-electron chi connectivity index (χ4n) is 2.03. The van der Waals surface area contributed by atoms with Crippen LogP contribution in [0.3, 0.4) is 0 Å².